The zero-order chi connectivity index (χ0) is 27.4. The van der Waals surface area contributed by atoms with Crippen molar-refractivity contribution >= 4 is 28.4 Å². The Bertz CT molecular complexity index is 1370. The first kappa shape index (κ1) is 26.7. The van der Waals surface area contributed by atoms with E-state index in [1.807, 2.05) is 6.92 Å². The van der Waals surface area contributed by atoms with Crippen LogP contribution in [0.3, 0.4) is 0 Å². The molecular formula is C29H33FN4O5. The van der Waals surface area contributed by atoms with Gasteiger partial charge in [-0.1, -0.05) is 6.92 Å². The summed E-state index contributed by atoms with van der Waals surface area (Å²) in [6.07, 6.45) is 5.75. The van der Waals surface area contributed by atoms with Crippen molar-refractivity contribution < 1.29 is 28.2 Å². The molecule has 2 amide bonds. The lowest BCUT2D eigenvalue weighted by molar-refractivity contribution is -0.136. The first-order valence-corrected chi connectivity index (χ1v) is 13.2. The van der Waals surface area contributed by atoms with Crippen LogP contribution in [-0.4, -0.2) is 50.1 Å². The number of carbonyl (C=O) groups excluding carboxylic acids is 2. The molecule has 0 bridgehead atoms. The molecule has 2 heterocycles. The highest BCUT2D eigenvalue weighted by Crippen LogP contribution is 2.44. The van der Waals surface area contributed by atoms with Crippen LogP contribution in [0.25, 0.3) is 10.9 Å². The van der Waals surface area contributed by atoms with E-state index in [1.54, 1.807) is 31.5 Å². The van der Waals surface area contributed by atoms with Crippen molar-refractivity contribution in [3.05, 3.63) is 48.4 Å². The molecule has 2 aromatic carbocycles. The summed E-state index contributed by atoms with van der Waals surface area (Å²) < 4.78 is 32.5. The summed E-state index contributed by atoms with van der Waals surface area (Å²) in [4.78, 5) is 28.7. The van der Waals surface area contributed by atoms with Crippen molar-refractivity contribution in [2.75, 3.05) is 38.7 Å². The molecule has 9 nitrogen and oxygen atoms in total. The third-order valence-corrected chi connectivity index (χ3v) is 7.32. The van der Waals surface area contributed by atoms with E-state index >= 15 is 0 Å². The fourth-order valence-corrected chi connectivity index (χ4v) is 4.48. The topological polar surface area (TPSA) is 111 Å². The largest absolute Gasteiger partial charge is 0.493 e. The van der Waals surface area contributed by atoms with E-state index in [4.69, 9.17) is 14.2 Å². The molecule has 1 saturated heterocycles. The Balaban J connectivity index is 1.27. The molecule has 2 aliphatic rings. The van der Waals surface area contributed by atoms with Crippen molar-refractivity contribution in [2.45, 2.75) is 32.6 Å². The number of hydrogen-bond acceptors (Lipinski definition) is 7. The summed E-state index contributed by atoms with van der Waals surface area (Å²) in [7, 11) is 1.56. The minimum Gasteiger partial charge on any atom is -0.493 e. The monoisotopic (exact) mass is 536 g/mol. The predicted molar refractivity (Wildman–Crippen MR) is 145 cm³/mol. The lowest BCUT2D eigenvalue weighted by atomic mass is 9.99. The van der Waals surface area contributed by atoms with E-state index < -0.39 is 17.6 Å². The van der Waals surface area contributed by atoms with Gasteiger partial charge in [-0.15, -0.1) is 0 Å². The van der Waals surface area contributed by atoms with Gasteiger partial charge < -0.3 is 30.2 Å². The third-order valence-electron chi connectivity index (χ3n) is 7.32. The number of piperidine rings is 1. The van der Waals surface area contributed by atoms with Crippen LogP contribution in [0.5, 0.6) is 23.0 Å². The lowest BCUT2D eigenvalue weighted by Crippen LogP contribution is -2.38. The molecule has 0 atom stereocenters. The quantitative estimate of drug-likeness (QED) is 0.348. The fraction of sp³-hybridized carbons (Fsp3) is 0.414. The minimum absolute atomic E-state index is 0.0446. The van der Waals surface area contributed by atoms with Crippen LogP contribution in [0.4, 0.5) is 10.1 Å². The van der Waals surface area contributed by atoms with Crippen LogP contribution >= 0.6 is 0 Å². The number of rotatable bonds is 9. The fourth-order valence-electron chi connectivity index (χ4n) is 4.48. The number of anilines is 1. The Morgan fingerprint density at radius 2 is 1.85 bits per heavy atom. The molecule has 3 N–H and O–H groups in total. The maximum atomic E-state index is 14.9. The van der Waals surface area contributed by atoms with Gasteiger partial charge in [-0.05, 0) is 74.4 Å². The van der Waals surface area contributed by atoms with Gasteiger partial charge in [0.2, 0.25) is 0 Å². The number of hydrogen-bond donors (Lipinski definition) is 3. The Kier molecular flexibility index (Phi) is 7.83. The summed E-state index contributed by atoms with van der Waals surface area (Å²) in [5, 5.41) is 9.02. The molecule has 39 heavy (non-hydrogen) atoms. The van der Waals surface area contributed by atoms with E-state index in [1.165, 1.54) is 12.1 Å². The molecule has 3 aromatic rings. The summed E-state index contributed by atoms with van der Waals surface area (Å²) >= 11 is 0. The van der Waals surface area contributed by atoms with Gasteiger partial charge in [-0.25, -0.2) is 4.39 Å². The highest BCUT2D eigenvalue weighted by Gasteiger charge is 2.37. The van der Waals surface area contributed by atoms with Crippen molar-refractivity contribution in [3.63, 3.8) is 0 Å². The second kappa shape index (κ2) is 11.4. The van der Waals surface area contributed by atoms with E-state index in [2.05, 4.69) is 20.9 Å². The van der Waals surface area contributed by atoms with E-state index in [-0.39, 0.29) is 16.9 Å². The molecule has 5 rings (SSSR count). The van der Waals surface area contributed by atoms with Crippen LogP contribution in [0.15, 0.2) is 42.6 Å². The average molecular weight is 537 g/mol. The van der Waals surface area contributed by atoms with E-state index in [9.17, 15) is 14.0 Å². The summed E-state index contributed by atoms with van der Waals surface area (Å²) in [5.41, 5.74) is 0.835. The number of nitrogens with one attached hydrogen (secondary N) is 3. The van der Waals surface area contributed by atoms with Crippen LogP contribution in [0.2, 0.25) is 0 Å². The van der Waals surface area contributed by atoms with Crippen LogP contribution in [0, 0.1) is 17.2 Å². The number of halogens is 1. The van der Waals surface area contributed by atoms with Gasteiger partial charge in [-0.3, -0.25) is 14.6 Å². The Hall–Kier alpha value is -3.92. The number of benzene rings is 2. The van der Waals surface area contributed by atoms with Gasteiger partial charge in [-0.2, -0.15) is 0 Å². The molecule has 0 spiro atoms. The second-order valence-electron chi connectivity index (χ2n) is 10.5. The molecule has 0 unspecified atom stereocenters. The highest BCUT2D eigenvalue weighted by molar-refractivity contribution is 6.39. The van der Waals surface area contributed by atoms with Crippen LogP contribution in [0.1, 0.15) is 32.6 Å². The molecular weight excluding hydrogens is 503 g/mol. The summed E-state index contributed by atoms with van der Waals surface area (Å²) in [6.45, 7) is 5.06. The SMILES string of the molecule is COc1cc2c(Oc3ccc(NC(=O)C(=O)NCC4(C)CC4)cc3F)ccnc2cc1OCC1CCNCC1. The second-order valence-corrected chi connectivity index (χ2v) is 10.5. The number of methoxy groups -OCH3 is 1. The third kappa shape index (κ3) is 6.57. The van der Waals surface area contributed by atoms with Gasteiger partial charge in [0.05, 0.1) is 19.2 Å². The summed E-state index contributed by atoms with van der Waals surface area (Å²) in [6, 6.07) is 9.18. The predicted octanol–water partition coefficient (Wildman–Crippen LogP) is 4.41. The Morgan fingerprint density at radius 3 is 2.56 bits per heavy atom. The molecule has 1 saturated carbocycles. The molecule has 1 aromatic heterocycles. The minimum atomic E-state index is -0.849. The van der Waals surface area contributed by atoms with Crippen molar-refractivity contribution in [1.82, 2.24) is 15.6 Å². The number of aromatic nitrogens is 1. The van der Waals surface area contributed by atoms with Gasteiger partial charge in [0.15, 0.2) is 23.1 Å². The normalized spacial score (nSPS) is 16.4. The summed E-state index contributed by atoms with van der Waals surface area (Å²) in [5.74, 6) is -0.360. The Labute approximate surface area is 226 Å². The first-order chi connectivity index (χ1) is 18.8. The Morgan fingerprint density at radius 1 is 1.05 bits per heavy atom. The van der Waals surface area contributed by atoms with Gasteiger partial charge in [0.25, 0.3) is 0 Å². The number of pyridine rings is 1. The smallest absolute Gasteiger partial charge is 0.313 e. The zero-order valence-corrected chi connectivity index (χ0v) is 22.1. The zero-order valence-electron chi connectivity index (χ0n) is 22.1. The van der Waals surface area contributed by atoms with Gasteiger partial charge in [0.1, 0.15) is 5.75 Å². The molecule has 206 valence electrons. The van der Waals surface area contributed by atoms with Crippen molar-refractivity contribution in [2.24, 2.45) is 11.3 Å². The number of carbonyl (C=O) groups is 2. The molecule has 0 radical (unpaired) electrons. The average Bonchev–Trinajstić information content (AvgIpc) is 3.69. The van der Waals surface area contributed by atoms with Gasteiger partial charge >= 0.3 is 11.8 Å². The molecule has 1 aliphatic carbocycles. The van der Waals surface area contributed by atoms with Gasteiger partial charge in [0, 0.05) is 35.9 Å². The standard InChI is InChI=1S/C29H33FN4O5/c1-29(8-9-29)17-33-27(35)28(36)34-19-3-4-24(21(30)13-19)39-23-7-12-32-22-15-26(25(37-2)14-20(22)23)38-16-18-5-10-31-11-6-18/h3-4,7,12-15,18,31H,5-6,8-11,16-17H2,1-2H3,(H,33,35)(H,34,36). The highest BCUT2D eigenvalue weighted by atomic mass is 19.1. The molecule has 2 fully saturated rings. The van der Waals surface area contributed by atoms with Crippen LogP contribution < -0.4 is 30.2 Å². The lowest BCUT2D eigenvalue weighted by Gasteiger charge is -2.23. The molecule has 10 heteroatoms. The van der Waals surface area contributed by atoms with Crippen molar-refractivity contribution in [3.8, 4) is 23.0 Å². The van der Waals surface area contributed by atoms with E-state index in [0.29, 0.717) is 47.2 Å². The van der Waals surface area contributed by atoms with Crippen molar-refractivity contribution in [1.29, 1.82) is 0 Å². The number of fused-ring (bicyclic) bond motifs is 1. The maximum absolute atomic E-state index is 14.9. The first-order valence-electron chi connectivity index (χ1n) is 13.2. The molecule has 1 aliphatic heterocycles. The van der Waals surface area contributed by atoms with E-state index in [0.717, 1.165) is 44.8 Å². The maximum Gasteiger partial charge on any atom is 0.313 e. The number of amides is 2. The number of nitrogens with zero attached hydrogens (tertiary/aromatic N) is 1. The van der Waals surface area contributed by atoms with Crippen LogP contribution in [-0.2, 0) is 9.59 Å². The number of ether oxygens (including phenoxy) is 3.